The first kappa shape index (κ1) is 11.9. The highest BCUT2D eigenvalue weighted by atomic mass is 32.1. The standard InChI is InChI=1S/C10H12N4O2S/c11-13-12-7-8-1-2-9(17-8)10(15)14-3-5-16-6-4-14/h1-2H,3-7H2. The van der Waals surface area contributed by atoms with Gasteiger partial charge in [-0.1, -0.05) is 5.11 Å². The summed E-state index contributed by atoms with van der Waals surface area (Å²) in [5.74, 6) is 0.0329. The molecule has 0 aliphatic carbocycles. The monoisotopic (exact) mass is 252 g/mol. The van der Waals surface area contributed by atoms with Crippen LogP contribution >= 0.6 is 11.3 Å². The second-order valence-corrected chi connectivity index (χ2v) is 4.73. The Bertz CT molecular complexity index is 447. The Hall–Kier alpha value is -1.56. The first-order valence-electron chi connectivity index (χ1n) is 5.28. The molecule has 1 aromatic rings. The molecule has 1 fully saturated rings. The van der Waals surface area contributed by atoms with Gasteiger partial charge in [-0.25, -0.2) is 0 Å². The quantitative estimate of drug-likeness (QED) is 0.468. The molecule has 1 amide bonds. The minimum absolute atomic E-state index is 0.0329. The lowest BCUT2D eigenvalue weighted by atomic mass is 10.3. The highest BCUT2D eigenvalue weighted by molar-refractivity contribution is 7.14. The number of rotatable bonds is 3. The van der Waals surface area contributed by atoms with Crippen molar-refractivity contribution in [3.63, 3.8) is 0 Å². The van der Waals surface area contributed by atoms with Crippen LogP contribution in [0, 0.1) is 0 Å². The third kappa shape index (κ3) is 2.97. The van der Waals surface area contributed by atoms with E-state index in [4.69, 9.17) is 10.3 Å². The summed E-state index contributed by atoms with van der Waals surface area (Å²) in [4.78, 5) is 18.1. The van der Waals surface area contributed by atoms with Gasteiger partial charge in [0, 0.05) is 22.9 Å². The molecule has 90 valence electrons. The predicted octanol–water partition coefficient (Wildman–Crippen LogP) is 2.03. The number of nitrogens with zero attached hydrogens (tertiary/aromatic N) is 4. The first-order chi connectivity index (χ1) is 8.31. The van der Waals surface area contributed by atoms with Crippen LogP contribution in [0.2, 0.25) is 0 Å². The molecule has 0 unspecified atom stereocenters. The van der Waals surface area contributed by atoms with Crippen LogP contribution < -0.4 is 0 Å². The molecule has 0 N–H and O–H groups in total. The first-order valence-corrected chi connectivity index (χ1v) is 6.09. The zero-order valence-corrected chi connectivity index (χ0v) is 10.0. The van der Waals surface area contributed by atoms with Crippen LogP contribution in [0.15, 0.2) is 17.2 Å². The Kier molecular flexibility index (Phi) is 3.98. The number of hydrogen-bond acceptors (Lipinski definition) is 4. The maximum atomic E-state index is 12.1. The van der Waals surface area contributed by atoms with Crippen molar-refractivity contribution < 1.29 is 9.53 Å². The summed E-state index contributed by atoms with van der Waals surface area (Å²) in [7, 11) is 0. The molecule has 1 saturated heterocycles. The van der Waals surface area contributed by atoms with Gasteiger partial charge in [0.05, 0.1) is 24.6 Å². The van der Waals surface area contributed by atoms with Gasteiger partial charge >= 0.3 is 0 Å². The molecule has 1 aliphatic heterocycles. The normalized spacial score (nSPS) is 15.4. The summed E-state index contributed by atoms with van der Waals surface area (Å²) in [5.41, 5.74) is 8.22. The van der Waals surface area contributed by atoms with Gasteiger partial charge in [0.1, 0.15) is 0 Å². The van der Waals surface area contributed by atoms with Gasteiger partial charge in [-0.3, -0.25) is 4.79 Å². The number of carbonyl (C=O) groups excluding carboxylic acids is 1. The molecule has 0 atom stereocenters. The Balaban J connectivity index is 2.03. The Labute approximate surface area is 102 Å². The number of amides is 1. The maximum Gasteiger partial charge on any atom is 0.264 e. The molecule has 7 heteroatoms. The van der Waals surface area contributed by atoms with E-state index in [0.717, 1.165) is 4.88 Å². The van der Waals surface area contributed by atoms with E-state index < -0.39 is 0 Å². The second-order valence-electron chi connectivity index (χ2n) is 3.56. The smallest absolute Gasteiger partial charge is 0.264 e. The fourth-order valence-corrected chi connectivity index (χ4v) is 2.49. The minimum atomic E-state index is 0.0329. The molecule has 17 heavy (non-hydrogen) atoms. The zero-order chi connectivity index (χ0) is 12.1. The summed E-state index contributed by atoms with van der Waals surface area (Å²) < 4.78 is 5.20. The number of carbonyl (C=O) groups is 1. The number of thiophene rings is 1. The lowest BCUT2D eigenvalue weighted by Gasteiger charge is -2.26. The van der Waals surface area contributed by atoms with Crippen molar-refractivity contribution in [2.75, 3.05) is 26.3 Å². The van der Waals surface area contributed by atoms with Gasteiger partial charge in [-0.05, 0) is 17.7 Å². The number of morpholine rings is 1. The predicted molar refractivity (Wildman–Crippen MR) is 63.9 cm³/mol. The molecular formula is C10H12N4O2S. The largest absolute Gasteiger partial charge is 0.378 e. The summed E-state index contributed by atoms with van der Waals surface area (Å²) in [5, 5.41) is 3.47. The minimum Gasteiger partial charge on any atom is -0.378 e. The molecule has 2 heterocycles. The van der Waals surface area contributed by atoms with Crippen molar-refractivity contribution in [3.8, 4) is 0 Å². The average molecular weight is 252 g/mol. The Morgan fingerprint density at radius 1 is 1.53 bits per heavy atom. The molecule has 0 bridgehead atoms. The van der Waals surface area contributed by atoms with Gasteiger partial charge in [-0.2, -0.15) is 0 Å². The lowest BCUT2D eigenvalue weighted by Crippen LogP contribution is -2.40. The van der Waals surface area contributed by atoms with Crippen molar-refractivity contribution in [3.05, 3.63) is 32.3 Å². The van der Waals surface area contributed by atoms with E-state index in [1.165, 1.54) is 11.3 Å². The SMILES string of the molecule is [N-]=[N+]=NCc1ccc(C(=O)N2CCOCC2)s1. The van der Waals surface area contributed by atoms with Crippen LogP contribution in [0.4, 0.5) is 0 Å². The van der Waals surface area contributed by atoms with E-state index in [9.17, 15) is 4.79 Å². The fraction of sp³-hybridized carbons (Fsp3) is 0.500. The van der Waals surface area contributed by atoms with Crippen LogP contribution in [0.25, 0.3) is 10.4 Å². The van der Waals surface area contributed by atoms with Crippen LogP contribution in [-0.2, 0) is 11.3 Å². The molecular weight excluding hydrogens is 240 g/mol. The van der Waals surface area contributed by atoms with Crippen molar-refractivity contribution >= 4 is 17.2 Å². The Morgan fingerprint density at radius 2 is 2.29 bits per heavy atom. The van der Waals surface area contributed by atoms with Crippen molar-refractivity contribution in [1.29, 1.82) is 0 Å². The molecule has 1 aromatic heterocycles. The Morgan fingerprint density at radius 3 is 3.00 bits per heavy atom. The summed E-state index contributed by atoms with van der Waals surface area (Å²) >= 11 is 1.38. The van der Waals surface area contributed by atoms with Crippen molar-refractivity contribution in [1.82, 2.24) is 4.90 Å². The van der Waals surface area contributed by atoms with Gasteiger partial charge in [0.25, 0.3) is 5.91 Å². The highest BCUT2D eigenvalue weighted by Gasteiger charge is 2.19. The molecule has 6 nitrogen and oxygen atoms in total. The molecule has 0 radical (unpaired) electrons. The van der Waals surface area contributed by atoms with Gasteiger partial charge in [-0.15, -0.1) is 11.3 Å². The molecule has 0 saturated carbocycles. The summed E-state index contributed by atoms with van der Waals surface area (Å²) in [6.07, 6.45) is 0. The van der Waals surface area contributed by atoms with E-state index >= 15 is 0 Å². The zero-order valence-electron chi connectivity index (χ0n) is 9.20. The molecule has 1 aliphatic rings. The van der Waals surface area contributed by atoms with E-state index in [1.54, 1.807) is 11.0 Å². The van der Waals surface area contributed by atoms with Crippen molar-refractivity contribution in [2.45, 2.75) is 6.54 Å². The van der Waals surface area contributed by atoms with Crippen molar-refractivity contribution in [2.24, 2.45) is 5.11 Å². The molecule has 2 rings (SSSR count). The van der Waals surface area contributed by atoms with E-state index in [-0.39, 0.29) is 5.91 Å². The number of azide groups is 1. The molecule has 0 aromatic carbocycles. The fourth-order valence-electron chi connectivity index (χ4n) is 1.60. The molecule has 0 spiro atoms. The van der Waals surface area contributed by atoms with Crippen LogP contribution in [0.3, 0.4) is 0 Å². The second kappa shape index (κ2) is 5.67. The average Bonchev–Trinajstić information content (AvgIpc) is 2.85. The summed E-state index contributed by atoms with van der Waals surface area (Å²) in [6, 6.07) is 3.61. The summed E-state index contributed by atoms with van der Waals surface area (Å²) in [6.45, 7) is 2.79. The van der Waals surface area contributed by atoms with Gasteiger partial charge in [0.2, 0.25) is 0 Å². The number of ether oxygens (including phenoxy) is 1. The number of hydrogen-bond donors (Lipinski definition) is 0. The van der Waals surface area contributed by atoms with E-state index in [1.807, 2.05) is 6.07 Å². The highest BCUT2D eigenvalue weighted by Crippen LogP contribution is 2.19. The lowest BCUT2D eigenvalue weighted by molar-refractivity contribution is 0.0306. The van der Waals surface area contributed by atoms with Crippen LogP contribution in [0.1, 0.15) is 14.5 Å². The van der Waals surface area contributed by atoms with E-state index in [2.05, 4.69) is 10.0 Å². The van der Waals surface area contributed by atoms with Crippen LogP contribution in [0.5, 0.6) is 0 Å². The topological polar surface area (TPSA) is 78.3 Å². The third-order valence-corrected chi connectivity index (χ3v) is 3.52. The third-order valence-electron chi connectivity index (χ3n) is 2.46. The maximum absolute atomic E-state index is 12.1. The van der Waals surface area contributed by atoms with Gasteiger partial charge < -0.3 is 9.64 Å². The van der Waals surface area contributed by atoms with Gasteiger partial charge in [0.15, 0.2) is 0 Å². The van der Waals surface area contributed by atoms with Crippen LogP contribution in [-0.4, -0.2) is 37.1 Å². The van der Waals surface area contributed by atoms with E-state index in [0.29, 0.717) is 37.7 Å².